The molecule has 0 bridgehead atoms. The van der Waals surface area contributed by atoms with Crippen molar-refractivity contribution in [3.05, 3.63) is 71.6 Å². The van der Waals surface area contributed by atoms with Crippen LogP contribution >= 0.6 is 0 Å². The standard InChI is InChI=1S/C21H19F2N5O2/c1-12(29)24-18-11-28(21(30)15-8-7-14(22)9-17(15)23)10-16(18)20-25-19(26-27-20)13-5-3-2-4-6-13/h2-9,16,18H,10-11H2,1H3,(H,24,29)(H,25,26,27)/t16-,18-/m1/s1. The fourth-order valence-corrected chi connectivity index (χ4v) is 3.64. The predicted molar refractivity (Wildman–Crippen MR) is 104 cm³/mol. The molecular weight excluding hydrogens is 392 g/mol. The number of hydrogen-bond acceptors (Lipinski definition) is 4. The van der Waals surface area contributed by atoms with Crippen LogP contribution in [0.2, 0.25) is 0 Å². The number of aromatic amines is 1. The maximum absolute atomic E-state index is 14.1. The number of halogens is 2. The SMILES string of the molecule is CC(=O)N[C@@H]1CN(C(=O)c2ccc(F)cc2F)C[C@H]1c1nc(-c2ccccc2)n[nH]1. The van der Waals surface area contributed by atoms with E-state index < -0.39 is 23.6 Å². The average molecular weight is 411 g/mol. The molecule has 1 fully saturated rings. The zero-order valence-electron chi connectivity index (χ0n) is 16.1. The topological polar surface area (TPSA) is 91.0 Å². The van der Waals surface area contributed by atoms with Crippen LogP contribution in [0.1, 0.15) is 29.0 Å². The summed E-state index contributed by atoms with van der Waals surface area (Å²) in [5.74, 6) is -1.85. The van der Waals surface area contributed by atoms with E-state index in [4.69, 9.17) is 0 Å². The number of H-pyrrole nitrogens is 1. The van der Waals surface area contributed by atoms with Gasteiger partial charge in [0, 0.05) is 31.6 Å². The maximum atomic E-state index is 14.1. The molecule has 154 valence electrons. The molecule has 2 atom stereocenters. The average Bonchev–Trinajstić information content (AvgIpc) is 3.35. The molecule has 1 aliphatic heterocycles. The van der Waals surface area contributed by atoms with Gasteiger partial charge in [-0.25, -0.2) is 13.8 Å². The Balaban J connectivity index is 1.60. The van der Waals surface area contributed by atoms with Crippen LogP contribution in [0.5, 0.6) is 0 Å². The third-order valence-electron chi connectivity index (χ3n) is 5.04. The molecule has 0 radical (unpaired) electrons. The zero-order valence-corrected chi connectivity index (χ0v) is 16.1. The van der Waals surface area contributed by atoms with Gasteiger partial charge in [0.1, 0.15) is 17.5 Å². The van der Waals surface area contributed by atoms with Gasteiger partial charge >= 0.3 is 0 Å². The second-order valence-electron chi connectivity index (χ2n) is 7.16. The number of nitrogens with zero attached hydrogens (tertiary/aromatic N) is 3. The molecule has 30 heavy (non-hydrogen) atoms. The van der Waals surface area contributed by atoms with E-state index in [-0.39, 0.29) is 30.5 Å². The first-order chi connectivity index (χ1) is 14.4. The summed E-state index contributed by atoms with van der Waals surface area (Å²) in [6, 6.07) is 11.8. The van der Waals surface area contributed by atoms with E-state index in [1.807, 2.05) is 30.3 Å². The lowest BCUT2D eigenvalue weighted by Gasteiger charge is -2.17. The Kier molecular flexibility index (Phi) is 5.26. The van der Waals surface area contributed by atoms with Crippen molar-refractivity contribution in [1.82, 2.24) is 25.4 Å². The number of benzene rings is 2. The Morgan fingerprint density at radius 2 is 1.90 bits per heavy atom. The molecule has 1 saturated heterocycles. The molecule has 1 aromatic heterocycles. The normalized spacial score (nSPS) is 18.4. The van der Waals surface area contributed by atoms with Gasteiger partial charge in [-0.05, 0) is 12.1 Å². The minimum Gasteiger partial charge on any atom is -0.351 e. The number of amides is 2. The van der Waals surface area contributed by atoms with E-state index in [1.54, 1.807) is 0 Å². The lowest BCUT2D eigenvalue weighted by atomic mass is 10.0. The van der Waals surface area contributed by atoms with Gasteiger partial charge in [0.15, 0.2) is 5.82 Å². The van der Waals surface area contributed by atoms with Gasteiger partial charge < -0.3 is 10.2 Å². The van der Waals surface area contributed by atoms with Crippen molar-refractivity contribution in [2.75, 3.05) is 13.1 Å². The van der Waals surface area contributed by atoms with Gasteiger partial charge in [-0.3, -0.25) is 14.7 Å². The van der Waals surface area contributed by atoms with Crippen molar-refractivity contribution in [1.29, 1.82) is 0 Å². The zero-order chi connectivity index (χ0) is 21.3. The van der Waals surface area contributed by atoms with Crippen LogP contribution in [0.15, 0.2) is 48.5 Å². The number of nitrogens with one attached hydrogen (secondary N) is 2. The highest BCUT2D eigenvalue weighted by molar-refractivity contribution is 5.94. The van der Waals surface area contributed by atoms with E-state index in [9.17, 15) is 18.4 Å². The summed E-state index contributed by atoms with van der Waals surface area (Å²) in [5.41, 5.74) is 0.608. The lowest BCUT2D eigenvalue weighted by molar-refractivity contribution is -0.119. The van der Waals surface area contributed by atoms with E-state index in [0.29, 0.717) is 17.7 Å². The summed E-state index contributed by atoms with van der Waals surface area (Å²) in [4.78, 5) is 30.5. The number of likely N-dealkylation sites (tertiary alicyclic amines) is 1. The van der Waals surface area contributed by atoms with Gasteiger partial charge in [0.05, 0.1) is 17.5 Å². The molecule has 2 aromatic carbocycles. The molecule has 1 aliphatic rings. The first-order valence-electron chi connectivity index (χ1n) is 9.41. The Hall–Kier alpha value is -3.62. The van der Waals surface area contributed by atoms with Gasteiger partial charge in [-0.2, -0.15) is 5.10 Å². The third kappa shape index (κ3) is 3.91. The summed E-state index contributed by atoms with van der Waals surface area (Å²) >= 11 is 0. The molecule has 7 nitrogen and oxygen atoms in total. The highest BCUT2D eigenvalue weighted by Gasteiger charge is 2.39. The van der Waals surface area contributed by atoms with Crippen molar-refractivity contribution in [3.8, 4) is 11.4 Å². The van der Waals surface area contributed by atoms with Crippen LogP contribution in [0.25, 0.3) is 11.4 Å². The number of aromatic nitrogens is 3. The molecule has 3 aromatic rings. The Bertz CT molecular complexity index is 1090. The number of carbonyl (C=O) groups excluding carboxylic acids is 2. The summed E-state index contributed by atoms with van der Waals surface area (Å²) in [6.45, 7) is 1.75. The molecule has 0 spiro atoms. The van der Waals surface area contributed by atoms with E-state index in [0.717, 1.165) is 17.7 Å². The van der Waals surface area contributed by atoms with E-state index in [2.05, 4.69) is 20.5 Å². The van der Waals surface area contributed by atoms with Crippen LogP contribution in [-0.2, 0) is 4.79 Å². The van der Waals surface area contributed by atoms with Crippen molar-refractivity contribution >= 4 is 11.8 Å². The highest BCUT2D eigenvalue weighted by Crippen LogP contribution is 2.28. The Morgan fingerprint density at radius 1 is 1.13 bits per heavy atom. The highest BCUT2D eigenvalue weighted by atomic mass is 19.1. The van der Waals surface area contributed by atoms with E-state index in [1.165, 1.54) is 11.8 Å². The molecule has 0 aliphatic carbocycles. The van der Waals surface area contributed by atoms with Crippen LogP contribution in [0, 0.1) is 11.6 Å². The molecule has 2 N–H and O–H groups in total. The minimum absolute atomic E-state index is 0.168. The van der Waals surface area contributed by atoms with Crippen molar-refractivity contribution < 1.29 is 18.4 Å². The van der Waals surface area contributed by atoms with Crippen molar-refractivity contribution in [2.24, 2.45) is 0 Å². The quantitative estimate of drug-likeness (QED) is 0.690. The number of carbonyl (C=O) groups is 2. The molecular formula is C21H19F2N5O2. The lowest BCUT2D eigenvalue weighted by Crippen LogP contribution is -2.39. The summed E-state index contributed by atoms with van der Waals surface area (Å²) in [7, 11) is 0. The predicted octanol–water partition coefficient (Wildman–Crippen LogP) is 2.49. The monoisotopic (exact) mass is 411 g/mol. The van der Waals surface area contributed by atoms with Gasteiger partial charge in [-0.15, -0.1) is 0 Å². The van der Waals surface area contributed by atoms with E-state index >= 15 is 0 Å². The summed E-state index contributed by atoms with van der Waals surface area (Å²) < 4.78 is 27.3. The fraction of sp³-hybridized carbons (Fsp3) is 0.238. The summed E-state index contributed by atoms with van der Waals surface area (Å²) in [5, 5.41) is 9.96. The fourth-order valence-electron chi connectivity index (χ4n) is 3.64. The Labute approximate surface area is 171 Å². The number of rotatable bonds is 4. The van der Waals surface area contributed by atoms with Crippen LogP contribution in [0.3, 0.4) is 0 Å². The first kappa shape index (κ1) is 19.7. The first-order valence-corrected chi connectivity index (χ1v) is 9.41. The third-order valence-corrected chi connectivity index (χ3v) is 5.04. The van der Waals surface area contributed by atoms with Crippen molar-refractivity contribution in [3.63, 3.8) is 0 Å². The van der Waals surface area contributed by atoms with Crippen LogP contribution < -0.4 is 5.32 Å². The van der Waals surface area contributed by atoms with Gasteiger partial charge in [0.2, 0.25) is 5.91 Å². The van der Waals surface area contributed by atoms with Crippen molar-refractivity contribution in [2.45, 2.75) is 18.9 Å². The van der Waals surface area contributed by atoms with Gasteiger partial charge in [-0.1, -0.05) is 30.3 Å². The minimum atomic E-state index is -0.925. The largest absolute Gasteiger partial charge is 0.351 e. The molecule has 9 heteroatoms. The summed E-state index contributed by atoms with van der Waals surface area (Å²) in [6.07, 6.45) is 0. The number of hydrogen-bond donors (Lipinski definition) is 2. The van der Waals surface area contributed by atoms with Crippen LogP contribution in [-0.4, -0.2) is 51.0 Å². The maximum Gasteiger partial charge on any atom is 0.256 e. The molecule has 0 saturated carbocycles. The van der Waals surface area contributed by atoms with Gasteiger partial charge in [0.25, 0.3) is 5.91 Å². The second-order valence-corrected chi connectivity index (χ2v) is 7.16. The second kappa shape index (κ2) is 8.02. The molecule has 2 amide bonds. The van der Waals surface area contributed by atoms with Crippen LogP contribution in [0.4, 0.5) is 8.78 Å². The Morgan fingerprint density at radius 3 is 2.60 bits per heavy atom. The molecule has 2 heterocycles. The molecule has 4 rings (SSSR count). The molecule has 0 unspecified atom stereocenters. The smallest absolute Gasteiger partial charge is 0.256 e.